The molecule has 4 nitrogen and oxygen atoms in total. The van der Waals surface area contributed by atoms with Gasteiger partial charge in [0.25, 0.3) is 5.97 Å². The molecule has 3 N–H and O–H groups in total. The Balaban J connectivity index is 1.92. The first-order valence-corrected chi connectivity index (χ1v) is 8.90. The van der Waals surface area contributed by atoms with Crippen LogP contribution in [0.3, 0.4) is 0 Å². The maximum absolute atomic E-state index is 10.6. The predicted molar refractivity (Wildman–Crippen MR) is 98.0 cm³/mol. The van der Waals surface area contributed by atoms with E-state index >= 15 is 0 Å². The zero-order valence-corrected chi connectivity index (χ0v) is 14.9. The standard InChI is InChI=1S/C21H27NO3/c1-16-10-12-18(13-11-16)20(2,17-7-4-3-5-8-17)25-21(23,24)15-19-9-6-14-22-19/h3-5,7-8,10-13,19,22-24H,6,9,14-15H2,1-2H3. The van der Waals surface area contributed by atoms with E-state index in [4.69, 9.17) is 4.74 Å². The van der Waals surface area contributed by atoms with Gasteiger partial charge in [0.15, 0.2) is 0 Å². The molecule has 0 saturated carbocycles. The number of rotatable bonds is 6. The molecular formula is C21H27NO3. The van der Waals surface area contributed by atoms with Gasteiger partial charge in [-0.1, -0.05) is 60.2 Å². The molecule has 0 aliphatic carbocycles. The van der Waals surface area contributed by atoms with Crippen molar-refractivity contribution in [2.45, 2.75) is 50.7 Å². The van der Waals surface area contributed by atoms with Gasteiger partial charge in [0, 0.05) is 12.5 Å². The van der Waals surface area contributed by atoms with Gasteiger partial charge in [0.05, 0.1) is 0 Å². The van der Waals surface area contributed by atoms with Gasteiger partial charge in [-0.15, -0.1) is 0 Å². The van der Waals surface area contributed by atoms with E-state index in [1.165, 1.54) is 0 Å². The Hall–Kier alpha value is -1.72. The van der Waals surface area contributed by atoms with E-state index in [1.54, 1.807) is 0 Å². The minimum absolute atomic E-state index is 0.0630. The summed E-state index contributed by atoms with van der Waals surface area (Å²) in [6.45, 7) is 4.82. The third kappa shape index (κ3) is 4.28. The van der Waals surface area contributed by atoms with E-state index in [1.807, 2.05) is 68.4 Å². The summed E-state index contributed by atoms with van der Waals surface area (Å²) >= 11 is 0. The molecule has 2 aromatic carbocycles. The summed E-state index contributed by atoms with van der Waals surface area (Å²) in [5, 5.41) is 24.4. The molecule has 25 heavy (non-hydrogen) atoms. The smallest absolute Gasteiger partial charge is 0.280 e. The summed E-state index contributed by atoms with van der Waals surface area (Å²) < 4.78 is 5.97. The Morgan fingerprint density at radius 3 is 2.28 bits per heavy atom. The van der Waals surface area contributed by atoms with E-state index < -0.39 is 11.6 Å². The van der Waals surface area contributed by atoms with Crippen LogP contribution in [0, 0.1) is 6.92 Å². The van der Waals surface area contributed by atoms with Crippen LogP contribution in [0.5, 0.6) is 0 Å². The Bertz CT molecular complexity index is 678. The quantitative estimate of drug-likeness (QED) is 0.707. The lowest BCUT2D eigenvalue weighted by Gasteiger charge is -2.38. The van der Waals surface area contributed by atoms with E-state index in [2.05, 4.69) is 5.32 Å². The van der Waals surface area contributed by atoms with Gasteiger partial charge < -0.3 is 20.3 Å². The number of benzene rings is 2. The van der Waals surface area contributed by atoms with Crippen molar-refractivity contribution in [1.29, 1.82) is 0 Å². The second-order valence-electron chi connectivity index (χ2n) is 7.11. The molecule has 2 unspecified atom stereocenters. The van der Waals surface area contributed by atoms with Crippen LogP contribution >= 0.6 is 0 Å². The molecule has 1 heterocycles. The first-order valence-electron chi connectivity index (χ1n) is 8.90. The first kappa shape index (κ1) is 18.1. The molecule has 0 radical (unpaired) electrons. The highest BCUT2D eigenvalue weighted by Gasteiger charge is 2.41. The van der Waals surface area contributed by atoms with Gasteiger partial charge in [-0.2, -0.15) is 0 Å². The Labute approximate surface area is 149 Å². The second-order valence-corrected chi connectivity index (χ2v) is 7.11. The van der Waals surface area contributed by atoms with Crippen LogP contribution in [0.4, 0.5) is 0 Å². The molecule has 1 aliphatic heterocycles. The molecular weight excluding hydrogens is 314 g/mol. The van der Waals surface area contributed by atoms with Crippen molar-refractivity contribution >= 4 is 0 Å². The highest BCUT2D eigenvalue weighted by atomic mass is 16.8. The van der Waals surface area contributed by atoms with E-state index in [0.29, 0.717) is 0 Å². The normalized spacial score (nSPS) is 20.4. The van der Waals surface area contributed by atoms with E-state index in [0.717, 1.165) is 36.1 Å². The fourth-order valence-electron chi connectivity index (χ4n) is 3.53. The lowest BCUT2D eigenvalue weighted by atomic mass is 9.87. The molecule has 0 amide bonds. The largest absolute Gasteiger partial charge is 0.343 e. The van der Waals surface area contributed by atoms with Crippen molar-refractivity contribution in [3.05, 3.63) is 71.3 Å². The fraction of sp³-hybridized carbons (Fsp3) is 0.429. The lowest BCUT2D eigenvalue weighted by molar-refractivity contribution is -0.374. The lowest BCUT2D eigenvalue weighted by Crippen LogP contribution is -2.45. The summed E-state index contributed by atoms with van der Waals surface area (Å²) in [6.07, 6.45) is 2.12. The van der Waals surface area contributed by atoms with Crippen LogP contribution in [0.2, 0.25) is 0 Å². The molecule has 1 aliphatic rings. The van der Waals surface area contributed by atoms with Crippen molar-refractivity contribution < 1.29 is 14.9 Å². The van der Waals surface area contributed by atoms with Crippen LogP contribution in [0.25, 0.3) is 0 Å². The predicted octanol–water partition coefficient (Wildman–Crippen LogP) is 3.06. The van der Waals surface area contributed by atoms with Crippen molar-refractivity contribution in [2.75, 3.05) is 6.54 Å². The van der Waals surface area contributed by atoms with Crippen LogP contribution in [-0.2, 0) is 10.3 Å². The topological polar surface area (TPSA) is 61.7 Å². The van der Waals surface area contributed by atoms with Gasteiger partial charge >= 0.3 is 0 Å². The molecule has 0 spiro atoms. The summed E-state index contributed by atoms with van der Waals surface area (Å²) in [6, 6.07) is 17.7. The SMILES string of the molecule is Cc1ccc(C(C)(OC(O)(O)CC2CCCN2)c2ccccc2)cc1. The molecule has 0 aromatic heterocycles. The summed E-state index contributed by atoms with van der Waals surface area (Å²) in [4.78, 5) is 0. The van der Waals surface area contributed by atoms with E-state index in [-0.39, 0.29) is 12.5 Å². The van der Waals surface area contributed by atoms with Crippen molar-refractivity contribution in [3.63, 3.8) is 0 Å². The average Bonchev–Trinajstić information content (AvgIpc) is 3.08. The van der Waals surface area contributed by atoms with Crippen molar-refractivity contribution in [3.8, 4) is 0 Å². The number of nitrogens with one attached hydrogen (secondary N) is 1. The molecule has 3 rings (SSSR count). The van der Waals surface area contributed by atoms with Crippen LogP contribution in [0.1, 0.15) is 42.9 Å². The Morgan fingerprint density at radius 2 is 1.68 bits per heavy atom. The molecule has 134 valence electrons. The minimum Gasteiger partial charge on any atom is -0.343 e. The summed E-state index contributed by atoms with van der Waals surface area (Å²) in [5.74, 6) is -2.21. The Kier molecular flexibility index (Phi) is 5.25. The zero-order valence-electron chi connectivity index (χ0n) is 14.9. The first-order chi connectivity index (χ1) is 11.9. The molecule has 0 bridgehead atoms. The summed E-state index contributed by atoms with van der Waals surface area (Å²) in [5.41, 5.74) is 1.95. The number of ether oxygens (including phenoxy) is 1. The van der Waals surface area contributed by atoms with Crippen molar-refractivity contribution in [1.82, 2.24) is 5.32 Å². The van der Waals surface area contributed by atoms with Crippen LogP contribution < -0.4 is 5.32 Å². The maximum atomic E-state index is 10.6. The highest BCUT2D eigenvalue weighted by Crippen LogP contribution is 2.37. The van der Waals surface area contributed by atoms with Crippen LogP contribution in [0.15, 0.2) is 54.6 Å². The average molecular weight is 341 g/mol. The van der Waals surface area contributed by atoms with Crippen LogP contribution in [-0.4, -0.2) is 28.8 Å². The maximum Gasteiger partial charge on any atom is 0.280 e. The summed E-state index contributed by atoms with van der Waals surface area (Å²) in [7, 11) is 0. The number of hydrogen-bond acceptors (Lipinski definition) is 4. The Morgan fingerprint density at radius 1 is 1.04 bits per heavy atom. The third-order valence-corrected chi connectivity index (χ3v) is 4.97. The monoisotopic (exact) mass is 341 g/mol. The minimum atomic E-state index is -2.21. The molecule has 1 fully saturated rings. The molecule has 2 atom stereocenters. The highest BCUT2D eigenvalue weighted by molar-refractivity contribution is 5.36. The van der Waals surface area contributed by atoms with Gasteiger partial charge in [-0.05, 0) is 44.4 Å². The number of aliphatic hydroxyl groups is 2. The molecule has 1 saturated heterocycles. The number of hydrogen-bond donors (Lipinski definition) is 3. The van der Waals surface area contributed by atoms with Gasteiger partial charge in [0.1, 0.15) is 5.60 Å². The van der Waals surface area contributed by atoms with Gasteiger partial charge in [-0.3, -0.25) is 0 Å². The second kappa shape index (κ2) is 7.26. The van der Waals surface area contributed by atoms with Gasteiger partial charge in [-0.25, -0.2) is 0 Å². The number of aryl methyl sites for hydroxylation is 1. The zero-order chi connectivity index (χ0) is 17.9. The third-order valence-electron chi connectivity index (χ3n) is 4.97. The van der Waals surface area contributed by atoms with Crippen molar-refractivity contribution in [2.24, 2.45) is 0 Å². The van der Waals surface area contributed by atoms with Gasteiger partial charge in [0.2, 0.25) is 0 Å². The molecule has 2 aromatic rings. The fourth-order valence-corrected chi connectivity index (χ4v) is 3.53. The molecule has 4 heteroatoms. The van der Waals surface area contributed by atoms with E-state index in [9.17, 15) is 10.2 Å².